The molecule has 0 saturated carbocycles. The lowest BCUT2D eigenvalue weighted by Crippen LogP contribution is -2.09. The van der Waals surface area contributed by atoms with Crippen molar-refractivity contribution in [3.05, 3.63) is 42.0 Å². The molecular weight excluding hydrogens is 262 g/mol. The number of benzene rings is 1. The molecule has 0 fully saturated rings. The molecule has 2 rings (SSSR count). The van der Waals surface area contributed by atoms with Crippen molar-refractivity contribution in [2.75, 3.05) is 0 Å². The summed E-state index contributed by atoms with van der Waals surface area (Å²) < 4.78 is 5.03. The zero-order valence-electron chi connectivity index (χ0n) is 10.2. The molecule has 0 saturated heterocycles. The van der Waals surface area contributed by atoms with E-state index in [1.807, 2.05) is 36.4 Å². The van der Waals surface area contributed by atoms with Crippen LogP contribution in [-0.2, 0) is 12.2 Å². The van der Waals surface area contributed by atoms with Gasteiger partial charge in [-0.3, -0.25) is 0 Å². The lowest BCUT2D eigenvalue weighted by molar-refractivity contribution is 0.167. The van der Waals surface area contributed by atoms with Crippen LogP contribution in [0.1, 0.15) is 18.1 Å². The Balaban J connectivity index is 1.86. The van der Waals surface area contributed by atoms with Crippen LogP contribution in [0, 0.1) is 11.3 Å². The van der Waals surface area contributed by atoms with Gasteiger partial charge in [0.05, 0.1) is 30.8 Å². The molecular formula is C13H13N3O2S. The van der Waals surface area contributed by atoms with E-state index in [4.69, 9.17) is 9.78 Å². The average Bonchev–Trinajstić information content (AvgIpc) is 2.85. The number of aliphatic hydroxyl groups is 1. The number of aliphatic hydroxyl groups excluding tert-OH is 1. The van der Waals surface area contributed by atoms with E-state index in [2.05, 4.69) is 10.1 Å². The van der Waals surface area contributed by atoms with Crippen LogP contribution in [0.5, 0.6) is 0 Å². The van der Waals surface area contributed by atoms with E-state index in [0.29, 0.717) is 17.5 Å². The summed E-state index contributed by atoms with van der Waals surface area (Å²) in [6.07, 6.45) is -0.465. The predicted molar refractivity (Wildman–Crippen MR) is 70.2 cm³/mol. The second-order valence-corrected chi connectivity index (χ2v) is 4.98. The molecule has 0 radical (unpaired) electrons. The number of aromatic nitrogens is 2. The van der Waals surface area contributed by atoms with Crippen LogP contribution in [-0.4, -0.2) is 21.4 Å². The molecule has 6 heteroatoms. The maximum atomic E-state index is 9.46. The van der Waals surface area contributed by atoms with E-state index in [0.717, 1.165) is 4.90 Å². The molecule has 1 aromatic heterocycles. The summed E-state index contributed by atoms with van der Waals surface area (Å²) in [4.78, 5) is 5.32. The third kappa shape index (κ3) is 4.39. The summed E-state index contributed by atoms with van der Waals surface area (Å²) in [6, 6.07) is 11.8. The van der Waals surface area contributed by atoms with E-state index < -0.39 is 6.10 Å². The Kier molecular flexibility index (Phi) is 4.95. The minimum absolute atomic E-state index is 0.0660. The number of rotatable bonds is 6. The van der Waals surface area contributed by atoms with Crippen molar-refractivity contribution in [1.29, 1.82) is 5.26 Å². The minimum atomic E-state index is -0.750. The highest BCUT2D eigenvalue weighted by Gasteiger charge is 2.12. The molecule has 5 nitrogen and oxygen atoms in total. The van der Waals surface area contributed by atoms with E-state index in [9.17, 15) is 5.11 Å². The zero-order chi connectivity index (χ0) is 13.5. The third-order valence-corrected chi connectivity index (χ3v) is 3.37. The quantitative estimate of drug-likeness (QED) is 0.813. The molecule has 0 spiro atoms. The van der Waals surface area contributed by atoms with Crippen LogP contribution in [0.15, 0.2) is 39.8 Å². The Morgan fingerprint density at radius 1 is 1.37 bits per heavy atom. The normalized spacial score (nSPS) is 12.0. The number of hydrogen-bond donors (Lipinski definition) is 1. The highest BCUT2D eigenvalue weighted by atomic mass is 32.2. The Labute approximate surface area is 115 Å². The van der Waals surface area contributed by atoms with Crippen LogP contribution < -0.4 is 0 Å². The van der Waals surface area contributed by atoms with Crippen LogP contribution in [0.2, 0.25) is 0 Å². The summed E-state index contributed by atoms with van der Waals surface area (Å²) >= 11 is 1.62. The van der Waals surface area contributed by atoms with Gasteiger partial charge >= 0.3 is 0 Å². The molecule has 2 aromatic rings. The molecule has 1 heterocycles. The monoisotopic (exact) mass is 275 g/mol. The maximum absolute atomic E-state index is 9.46. The molecule has 1 unspecified atom stereocenters. The van der Waals surface area contributed by atoms with E-state index in [-0.39, 0.29) is 12.8 Å². The molecule has 1 atom stereocenters. The first-order valence-electron chi connectivity index (χ1n) is 5.82. The third-order valence-electron chi connectivity index (χ3n) is 2.36. The van der Waals surface area contributed by atoms with Gasteiger partial charge in [0.2, 0.25) is 5.89 Å². The summed E-state index contributed by atoms with van der Waals surface area (Å²) in [6.45, 7) is 0. The van der Waals surface area contributed by atoms with Crippen LogP contribution in [0.3, 0.4) is 0 Å². The van der Waals surface area contributed by atoms with Crippen molar-refractivity contribution >= 4 is 11.8 Å². The smallest absolute Gasteiger partial charge is 0.229 e. The van der Waals surface area contributed by atoms with Crippen LogP contribution >= 0.6 is 11.8 Å². The number of nitrogens with zero attached hydrogens (tertiary/aromatic N) is 3. The fourth-order valence-corrected chi connectivity index (χ4v) is 2.24. The van der Waals surface area contributed by atoms with Gasteiger partial charge in [0.25, 0.3) is 0 Å². The summed E-state index contributed by atoms with van der Waals surface area (Å²) in [7, 11) is 0. The Hall–Kier alpha value is -1.84. The Bertz CT molecular complexity index is 551. The average molecular weight is 275 g/mol. The van der Waals surface area contributed by atoms with E-state index in [1.165, 1.54) is 0 Å². The van der Waals surface area contributed by atoms with E-state index in [1.54, 1.807) is 11.8 Å². The number of hydrogen-bond acceptors (Lipinski definition) is 6. The highest BCUT2D eigenvalue weighted by Crippen LogP contribution is 2.20. The molecule has 98 valence electrons. The lowest BCUT2D eigenvalue weighted by atomic mass is 10.2. The van der Waals surface area contributed by atoms with Gasteiger partial charge in [-0.25, -0.2) is 0 Å². The predicted octanol–water partition coefficient (Wildman–Crippen LogP) is 2.18. The Morgan fingerprint density at radius 2 is 2.16 bits per heavy atom. The molecule has 0 aliphatic heterocycles. The van der Waals surface area contributed by atoms with Gasteiger partial charge in [-0.15, -0.1) is 11.8 Å². The molecule has 1 aromatic carbocycles. The van der Waals surface area contributed by atoms with Gasteiger partial charge in [0.1, 0.15) is 0 Å². The summed E-state index contributed by atoms with van der Waals surface area (Å²) in [5.74, 6) is 1.57. The van der Waals surface area contributed by atoms with Gasteiger partial charge in [-0.05, 0) is 12.1 Å². The fourth-order valence-electron chi connectivity index (χ4n) is 1.48. The zero-order valence-corrected chi connectivity index (χ0v) is 11.0. The second kappa shape index (κ2) is 6.92. The van der Waals surface area contributed by atoms with Crippen molar-refractivity contribution in [2.24, 2.45) is 0 Å². The van der Waals surface area contributed by atoms with Crippen molar-refractivity contribution in [3.8, 4) is 6.07 Å². The molecule has 19 heavy (non-hydrogen) atoms. The SMILES string of the molecule is N#CCC(O)Cc1nc(CSc2ccccc2)no1. The van der Waals surface area contributed by atoms with Crippen LogP contribution in [0.4, 0.5) is 0 Å². The van der Waals surface area contributed by atoms with Gasteiger partial charge in [-0.2, -0.15) is 10.2 Å². The van der Waals surface area contributed by atoms with Crippen molar-refractivity contribution < 1.29 is 9.63 Å². The molecule has 1 N–H and O–H groups in total. The molecule has 0 bridgehead atoms. The van der Waals surface area contributed by atoms with Gasteiger partial charge in [0, 0.05) is 4.90 Å². The van der Waals surface area contributed by atoms with Crippen molar-refractivity contribution in [3.63, 3.8) is 0 Å². The summed E-state index contributed by atoms with van der Waals surface area (Å²) in [5, 5.41) is 21.8. The largest absolute Gasteiger partial charge is 0.392 e. The van der Waals surface area contributed by atoms with Crippen molar-refractivity contribution in [2.45, 2.75) is 29.6 Å². The second-order valence-electron chi connectivity index (χ2n) is 3.93. The first-order valence-corrected chi connectivity index (χ1v) is 6.81. The number of thioether (sulfide) groups is 1. The van der Waals surface area contributed by atoms with Crippen LogP contribution in [0.25, 0.3) is 0 Å². The van der Waals surface area contributed by atoms with E-state index >= 15 is 0 Å². The topological polar surface area (TPSA) is 82.9 Å². The Morgan fingerprint density at radius 3 is 2.89 bits per heavy atom. The standard InChI is InChI=1S/C13H13N3O2S/c14-7-6-10(17)8-13-15-12(16-18-13)9-19-11-4-2-1-3-5-11/h1-5,10,17H,6,8-9H2. The first-order chi connectivity index (χ1) is 9.28. The number of nitriles is 1. The maximum Gasteiger partial charge on any atom is 0.229 e. The lowest BCUT2D eigenvalue weighted by Gasteiger charge is -1.99. The molecule has 0 amide bonds. The summed E-state index contributed by atoms with van der Waals surface area (Å²) in [5.41, 5.74) is 0. The molecule has 0 aliphatic carbocycles. The minimum Gasteiger partial charge on any atom is -0.392 e. The van der Waals surface area contributed by atoms with Gasteiger partial charge in [-0.1, -0.05) is 23.4 Å². The van der Waals surface area contributed by atoms with Gasteiger partial charge < -0.3 is 9.63 Å². The van der Waals surface area contributed by atoms with Crippen molar-refractivity contribution in [1.82, 2.24) is 10.1 Å². The fraction of sp³-hybridized carbons (Fsp3) is 0.308. The van der Waals surface area contributed by atoms with Gasteiger partial charge in [0.15, 0.2) is 5.82 Å². The highest BCUT2D eigenvalue weighted by molar-refractivity contribution is 7.98. The molecule has 0 aliphatic rings. The first kappa shape index (κ1) is 13.6.